The molecule has 1 amide bonds. The lowest BCUT2D eigenvalue weighted by Crippen LogP contribution is -2.34. The molecule has 0 saturated carbocycles. The minimum Gasteiger partial charge on any atom is -0.338 e. The minimum absolute atomic E-state index is 0.161. The quantitative estimate of drug-likeness (QED) is 0.858. The lowest BCUT2D eigenvalue weighted by Gasteiger charge is -2.22. The number of nitrogens with zero attached hydrogens (tertiary/aromatic N) is 2. The molecule has 0 aliphatic rings. The third-order valence-corrected chi connectivity index (χ3v) is 2.92. The topological polar surface area (TPSA) is 70.1 Å². The second-order valence-corrected chi connectivity index (χ2v) is 4.57. The first-order valence-electron chi connectivity index (χ1n) is 6.70. The number of hydrogen-bond donors (Lipinski definition) is 1. The lowest BCUT2D eigenvalue weighted by molar-refractivity contribution is 0.0752. The van der Waals surface area contributed by atoms with Gasteiger partial charge in [0, 0.05) is 18.7 Å². The average molecular weight is 287 g/mol. The highest BCUT2D eigenvalue weighted by atomic mass is 19.1. The summed E-state index contributed by atoms with van der Waals surface area (Å²) in [6, 6.07) is 5.97. The van der Waals surface area contributed by atoms with Gasteiger partial charge < -0.3 is 10.6 Å². The number of halogens is 1. The molecule has 110 valence electrons. The Balaban J connectivity index is 3.15. The number of nitriles is 1. The molecule has 1 aromatic rings. The molecule has 5 heteroatoms. The van der Waals surface area contributed by atoms with Gasteiger partial charge in [-0.05, 0) is 32.0 Å². The van der Waals surface area contributed by atoms with E-state index in [1.54, 1.807) is 6.92 Å². The molecule has 0 fully saturated rings. The smallest absolute Gasteiger partial charge is 0.255 e. The van der Waals surface area contributed by atoms with Crippen molar-refractivity contribution >= 4 is 5.91 Å². The number of hydrogen-bond acceptors (Lipinski definition) is 3. The Bertz CT molecular complexity index is 610. The number of amides is 1. The fourth-order valence-corrected chi connectivity index (χ4v) is 1.85. The predicted molar refractivity (Wildman–Crippen MR) is 78.7 cm³/mol. The van der Waals surface area contributed by atoms with Crippen molar-refractivity contribution in [1.29, 1.82) is 5.26 Å². The van der Waals surface area contributed by atoms with Gasteiger partial charge in [-0.3, -0.25) is 4.79 Å². The van der Waals surface area contributed by atoms with E-state index >= 15 is 0 Å². The molecule has 0 heterocycles. The zero-order valence-corrected chi connectivity index (χ0v) is 12.2. The first kappa shape index (κ1) is 16.7. The number of carbonyl (C=O) groups excluding carboxylic acids is 1. The lowest BCUT2D eigenvalue weighted by atomic mass is 10.1. The summed E-state index contributed by atoms with van der Waals surface area (Å²) in [4.78, 5) is 14.0. The maximum atomic E-state index is 13.4. The van der Waals surface area contributed by atoms with Crippen LogP contribution in [0.2, 0.25) is 0 Å². The molecular weight excluding hydrogens is 269 g/mol. The third-order valence-electron chi connectivity index (χ3n) is 2.92. The molecule has 0 aliphatic heterocycles. The molecule has 0 aliphatic carbocycles. The van der Waals surface area contributed by atoms with Crippen molar-refractivity contribution in [2.24, 2.45) is 11.7 Å². The average Bonchev–Trinajstić information content (AvgIpc) is 2.50. The summed E-state index contributed by atoms with van der Waals surface area (Å²) in [5.41, 5.74) is 5.96. The van der Waals surface area contributed by atoms with Crippen LogP contribution >= 0.6 is 0 Å². The zero-order valence-electron chi connectivity index (χ0n) is 12.2. The molecule has 0 saturated heterocycles. The van der Waals surface area contributed by atoms with E-state index < -0.39 is 5.82 Å². The fraction of sp³-hybridized carbons (Fsp3) is 0.375. The molecule has 0 bridgehead atoms. The number of rotatable bonds is 4. The van der Waals surface area contributed by atoms with Crippen LogP contribution in [0.15, 0.2) is 18.2 Å². The number of nitrogens with two attached hydrogens (primary N) is 1. The van der Waals surface area contributed by atoms with Crippen LogP contribution in [0.25, 0.3) is 0 Å². The summed E-state index contributed by atoms with van der Waals surface area (Å²) in [5.74, 6) is 4.31. The molecule has 4 nitrogen and oxygen atoms in total. The highest BCUT2D eigenvalue weighted by molar-refractivity contribution is 5.96. The highest BCUT2D eigenvalue weighted by Gasteiger charge is 2.19. The Kier molecular flexibility index (Phi) is 6.39. The summed E-state index contributed by atoms with van der Waals surface area (Å²) in [5, 5.41) is 8.86. The van der Waals surface area contributed by atoms with Gasteiger partial charge in [0.2, 0.25) is 0 Å². The highest BCUT2D eigenvalue weighted by Crippen LogP contribution is 2.14. The van der Waals surface area contributed by atoms with E-state index in [4.69, 9.17) is 11.0 Å². The summed E-state index contributed by atoms with van der Waals surface area (Å²) in [6.45, 7) is 4.44. The Morgan fingerprint density at radius 3 is 2.81 bits per heavy atom. The summed E-state index contributed by atoms with van der Waals surface area (Å²) in [6.07, 6.45) is 0. The van der Waals surface area contributed by atoms with Crippen LogP contribution in [0.3, 0.4) is 0 Å². The van der Waals surface area contributed by atoms with Crippen LogP contribution < -0.4 is 5.73 Å². The van der Waals surface area contributed by atoms with E-state index in [0.29, 0.717) is 18.7 Å². The Labute approximate surface area is 124 Å². The normalized spacial score (nSPS) is 11.0. The van der Waals surface area contributed by atoms with Crippen LogP contribution in [0.1, 0.15) is 29.8 Å². The van der Waals surface area contributed by atoms with E-state index in [-0.39, 0.29) is 23.9 Å². The van der Waals surface area contributed by atoms with Crippen molar-refractivity contribution in [3.8, 4) is 17.9 Å². The second kappa shape index (κ2) is 8.04. The molecule has 0 radical (unpaired) electrons. The molecular formula is C16H18FN3O. The van der Waals surface area contributed by atoms with Crippen LogP contribution in [-0.2, 0) is 0 Å². The van der Waals surface area contributed by atoms with E-state index in [0.717, 1.165) is 0 Å². The molecule has 1 rings (SSSR count). The van der Waals surface area contributed by atoms with Crippen LogP contribution in [0.4, 0.5) is 4.39 Å². The van der Waals surface area contributed by atoms with E-state index in [1.165, 1.54) is 23.1 Å². The van der Waals surface area contributed by atoms with Crippen molar-refractivity contribution in [3.05, 3.63) is 35.1 Å². The van der Waals surface area contributed by atoms with Crippen molar-refractivity contribution in [2.45, 2.75) is 13.8 Å². The molecule has 21 heavy (non-hydrogen) atoms. The SMILES string of the molecule is CCN(CC(C)C#N)C(=O)c1cc(F)ccc1C#CCN. The maximum absolute atomic E-state index is 13.4. The summed E-state index contributed by atoms with van der Waals surface area (Å²) >= 11 is 0. The first-order valence-corrected chi connectivity index (χ1v) is 6.70. The zero-order chi connectivity index (χ0) is 15.8. The molecule has 1 unspecified atom stereocenters. The van der Waals surface area contributed by atoms with E-state index in [2.05, 4.69) is 17.9 Å². The van der Waals surface area contributed by atoms with Gasteiger partial charge in [0.05, 0.1) is 24.1 Å². The van der Waals surface area contributed by atoms with Gasteiger partial charge in [0.1, 0.15) is 5.82 Å². The molecule has 2 N–H and O–H groups in total. The monoisotopic (exact) mass is 287 g/mol. The minimum atomic E-state index is -0.499. The largest absolute Gasteiger partial charge is 0.338 e. The Morgan fingerprint density at radius 1 is 1.52 bits per heavy atom. The van der Waals surface area contributed by atoms with Gasteiger partial charge in [-0.15, -0.1) is 0 Å². The van der Waals surface area contributed by atoms with Gasteiger partial charge in [0.25, 0.3) is 5.91 Å². The summed E-state index contributed by atoms with van der Waals surface area (Å²) < 4.78 is 13.4. The van der Waals surface area contributed by atoms with Crippen LogP contribution in [-0.4, -0.2) is 30.4 Å². The molecule has 1 aromatic carbocycles. The van der Waals surface area contributed by atoms with Gasteiger partial charge >= 0.3 is 0 Å². The standard InChI is InChI=1S/C16H18FN3O/c1-3-20(11-12(2)10-19)16(21)15-9-14(17)7-6-13(15)5-4-8-18/h6-7,9,12H,3,8,11,18H2,1-2H3. The third kappa shape index (κ3) is 4.59. The van der Waals surface area contributed by atoms with Crippen LogP contribution in [0.5, 0.6) is 0 Å². The maximum Gasteiger partial charge on any atom is 0.255 e. The first-order chi connectivity index (χ1) is 10.0. The number of carbonyl (C=O) groups is 1. The molecule has 1 atom stereocenters. The predicted octanol–water partition coefficient (Wildman–Crippen LogP) is 1.76. The van der Waals surface area contributed by atoms with Crippen LogP contribution in [0, 0.1) is 34.9 Å². The second-order valence-electron chi connectivity index (χ2n) is 4.57. The number of benzene rings is 1. The molecule has 0 spiro atoms. The molecule has 0 aromatic heterocycles. The van der Waals surface area contributed by atoms with Crippen molar-refractivity contribution < 1.29 is 9.18 Å². The Hall–Kier alpha value is -2.37. The van der Waals surface area contributed by atoms with E-state index in [9.17, 15) is 9.18 Å². The summed E-state index contributed by atoms with van der Waals surface area (Å²) in [7, 11) is 0. The van der Waals surface area contributed by atoms with E-state index in [1.807, 2.05) is 6.92 Å². The van der Waals surface area contributed by atoms with Gasteiger partial charge in [-0.25, -0.2) is 4.39 Å². The fourth-order valence-electron chi connectivity index (χ4n) is 1.85. The van der Waals surface area contributed by atoms with Crippen molar-refractivity contribution in [1.82, 2.24) is 4.90 Å². The van der Waals surface area contributed by atoms with Crippen molar-refractivity contribution in [3.63, 3.8) is 0 Å². The van der Waals surface area contributed by atoms with Crippen molar-refractivity contribution in [2.75, 3.05) is 19.6 Å². The Morgan fingerprint density at radius 2 is 2.24 bits per heavy atom. The van der Waals surface area contributed by atoms with Gasteiger partial charge in [-0.1, -0.05) is 11.8 Å². The van der Waals surface area contributed by atoms with Gasteiger partial charge in [-0.2, -0.15) is 5.26 Å². The van der Waals surface area contributed by atoms with Gasteiger partial charge in [0.15, 0.2) is 0 Å².